The Hall–Kier alpha value is -0.870. The first-order valence-corrected chi connectivity index (χ1v) is 5.52. The summed E-state index contributed by atoms with van der Waals surface area (Å²) in [5, 5.41) is 11.7. The standard InChI is InChI=1S/C11H14BrNO2/c1-7-3-4-9(12)5-10(7)11(15)13-6-8(2)14/h3-5,8,14H,6H2,1-2H3,(H,13,15)/t8-/m1/s1. The molecule has 1 atom stereocenters. The van der Waals surface area contributed by atoms with Crippen LogP contribution in [0.2, 0.25) is 0 Å². The van der Waals surface area contributed by atoms with Crippen LogP contribution in [0.15, 0.2) is 22.7 Å². The molecule has 82 valence electrons. The lowest BCUT2D eigenvalue weighted by atomic mass is 10.1. The Bertz CT molecular complexity index is 364. The Kier molecular flexibility index (Phi) is 4.29. The second-order valence-electron chi connectivity index (χ2n) is 3.52. The van der Waals surface area contributed by atoms with E-state index in [0.717, 1.165) is 10.0 Å². The largest absolute Gasteiger partial charge is 0.392 e. The Labute approximate surface area is 97.6 Å². The van der Waals surface area contributed by atoms with Gasteiger partial charge in [-0.05, 0) is 31.5 Å². The number of rotatable bonds is 3. The van der Waals surface area contributed by atoms with Gasteiger partial charge in [-0.1, -0.05) is 22.0 Å². The van der Waals surface area contributed by atoms with E-state index < -0.39 is 6.10 Å². The van der Waals surface area contributed by atoms with E-state index in [0.29, 0.717) is 5.56 Å². The van der Waals surface area contributed by atoms with Crippen LogP contribution in [0, 0.1) is 6.92 Å². The Morgan fingerprint density at radius 1 is 1.60 bits per heavy atom. The van der Waals surface area contributed by atoms with Crippen LogP contribution in [-0.4, -0.2) is 23.7 Å². The molecule has 1 aromatic carbocycles. The molecule has 0 radical (unpaired) electrons. The topological polar surface area (TPSA) is 49.3 Å². The maximum atomic E-state index is 11.7. The highest BCUT2D eigenvalue weighted by Crippen LogP contribution is 2.15. The van der Waals surface area contributed by atoms with Gasteiger partial charge in [-0.3, -0.25) is 4.79 Å². The lowest BCUT2D eigenvalue weighted by Gasteiger charge is -2.09. The Balaban J connectivity index is 2.77. The number of carbonyl (C=O) groups excluding carboxylic acids is 1. The maximum absolute atomic E-state index is 11.7. The number of aliphatic hydroxyl groups is 1. The molecule has 15 heavy (non-hydrogen) atoms. The molecular formula is C11H14BrNO2. The minimum atomic E-state index is -0.526. The van der Waals surface area contributed by atoms with Crippen LogP contribution < -0.4 is 5.32 Å². The van der Waals surface area contributed by atoms with Crippen molar-refractivity contribution in [3.63, 3.8) is 0 Å². The summed E-state index contributed by atoms with van der Waals surface area (Å²) >= 11 is 3.32. The van der Waals surface area contributed by atoms with Gasteiger partial charge in [0.1, 0.15) is 0 Å². The molecule has 0 saturated carbocycles. The zero-order chi connectivity index (χ0) is 11.4. The molecular weight excluding hydrogens is 258 g/mol. The van der Waals surface area contributed by atoms with Gasteiger partial charge in [-0.15, -0.1) is 0 Å². The van der Waals surface area contributed by atoms with Crippen molar-refractivity contribution >= 4 is 21.8 Å². The normalized spacial score (nSPS) is 12.3. The fourth-order valence-corrected chi connectivity index (χ4v) is 1.54. The third-order valence-electron chi connectivity index (χ3n) is 2.00. The third kappa shape index (κ3) is 3.64. The van der Waals surface area contributed by atoms with Crippen molar-refractivity contribution in [3.8, 4) is 0 Å². The number of hydrogen-bond donors (Lipinski definition) is 2. The smallest absolute Gasteiger partial charge is 0.251 e. The van der Waals surface area contributed by atoms with E-state index in [2.05, 4.69) is 21.2 Å². The van der Waals surface area contributed by atoms with Crippen molar-refractivity contribution in [2.75, 3.05) is 6.54 Å². The molecule has 1 rings (SSSR count). The summed E-state index contributed by atoms with van der Waals surface area (Å²) in [6, 6.07) is 5.54. The average Bonchev–Trinajstić information content (AvgIpc) is 2.18. The van der Waals surface area contributed by atoms with Crippen molar-refractivity contribution in [1.29, 1.82) is 0 Å². The van der Waals surface area contributed by atoms with Crippen LogP contribution in [0.3, 0.4) is 0 Å². The van der Waals surface area contributed by atoms with E-state index in [9.17, 15) is 4.79 Å². The quantitative estimate of drug-likeness (QED) is 0.882. The molecule has 0 heterocycles. The number of hydrogen-bond acceptors (Lipinski definition) is 2. The first kappa shape index (κ1) is 12.2. The summed E-state index contributed by atoms with van der Waals surface area (Å²) in [5.74, 6) is -0.158. The highest BCUT2D eigenvalue weighted by atomic mass is 79.9. The van der Waals surface area contributed by atoms with Gasteiger partial charge in [0.2, 0.25) is 0 Å². The van der Waals surface area contributed by atoms with Gasteiger partial charge in [0.05, 0.1) is 6.10 Å². The van der Waals surface area contributed by atoms with Crippen molar-refractivity contribution in [2.24, 2.45) is 0 Å². The third-order valence-corrected chi connectivity index (χ3v) is 2.50. The van der Waals surface area contributed by atoms with Crippen molar-refractivity contribution in [2.45, 2.75) is 20.0 Å². The van der Waals surface area contributed by atoms with Crippen LogP contribution in [0.1, 0.15) is 22.8 Å². The highest BCUT2D eigenvalue weighted by molar-refractivity contribution is 9.10. The molecule has 0 saturated heterocycles. The summed E-state index contributed by atoms with van der Waals surface area (Å²) in [5.41, 5.74) is 1.55. The summed E-state index contributed by atoms with van der Waals surface area (Å²) in [6.45, 7) is 3.78. The molecule has 0 aliphatic heterocycles. The van der Waals surface area contributed by atoms with E-state index in [1.165, 1.54) is 0 Å². The van der Waals surface area contributed by atoms with Crippen LogP contribution in [0.25, 0.3) is 0 Å². The van der Waals surface area contributed by atoms with Gasteiger partial charge in [0, 0.05) is 16.6 Å². The second kappa shape index (κ2) is 5.28. The van der Waals surface area contributed by atoms with Crippen LogP contribution in [-0.2, 0) is 0 Å². The SMILES string of the molecule is Cc1ccc(Br)cc1C(=O)NC[C@@H](C)O. The van der Waals surface area contributed by atoms with Crippen LogP contribution in [0.4, 0.5) is 0 Å². The van der Waals surface area contributed by atoms with Crippen LogP contribution in [0.5, 0.6) is 0 Å². The Morgan fingerprint density at radius 3 is 2.87 bits per heavy atom. The summed E-state index contributed by atoms with van der Waals surface area (Å²) in [6.07, 6.45) is -0.526. The van der Waals surface area contributed by atoms with E-state index in [-0.39, 0.29) is 12.5 Å². The summed E-state index contributed by atoms with van der Waals surface area (Å²) in [7, 11) is 0. The lowest BCUT2D eigenvalue weighted by molar-refractivity contribution is 0.0923. The van der Waals surface area contributed by atoms with E-state index >= 15 is 0 Å². The molecule has 1 amide bonds. The molecule has 0 aromatic heterocycles. The predicted molar refractivity (Wildman–Crippen MR) is 62.9 cm³/mol. The number of halogens is 1. The molecule has 0 aliphatic rings. The van der Waals surface area contributed by atoms with Gasteiger partial charge in [0.25, 0.3) is 5.91 Å². The number of aryl methyl sites for hydroxylation is 1. The fourth-order valence-electron chi connectivity index (χ4n) is 1.17. The summed E-state index contributed by atoms with van der Waals surface area (Å²) in [4.78, 5) is 11.7. The van der Waals surface area contributed by atoms with Crippen molar-refractivity contribution in [3.05, 3.63) is 33.8 Å². The number of benzene rings is 1. The maximum Gasteiger partial charge on any atom is 0.251 e. The first-order valence-electron chi connectivity index (χ1n) is 4.73. The van der Waals surface area contributed by atoms with E-state index in [1.54, 1.807) is 13.0 Å². The van der Waals surface area contributed by atoms with Gasteiger partial charge < -0.3 is 10.4 Å². The lowest BCUT2D eigenvalue weighted by Crippen LogP contribution is -2.30. The van der Waals surface area contributed by atoms with Gasteiger partial charge >= 0.3 is 0 Å². The number of carbonyl (C=O) groups is 1. The number of amides is 1. The van der Waals surface area contributed by atoms with Gasteiger partial charge in [-0.25, -0.2) is 0 Å². The Morgan fingerprint density at radius 2 is 2.27 bits per heavy atom. The highest BCUT2D eigenvalue weighted by Gasteiger charge is 2.09. The molecule has 4 heteroatoms. The van der Waals surface area contributed by atoms with Crippen molar-refractivity contribution in [1.82, 2.24) is 5.32 Å². The van der Waals surface area contributed by atoms with E-state index in [1.807, 2.05) is 19.1 Å². The van der Waals surface area contributed by atoms with Gasteiger partial charge in [-0.2, -0.15) is 0 Å². The molecule has 0 bridgehead atoms. The summed E-state index contributed by atoms with van der Waals surface area (Å²) < 4.78 is 0.871. The van der Waals surface area contributed by atoms with Crippen molar-refractivity contribution < 1.29 is 9.90 Å². The molecule has 2 N–H and O–H groups in total. The molecule has 1 aromatic rings. The molecule has 0 fully saturated rings. The number of aliphatic hydroxyl groups excluding tert-OH is 1. The zero-order valence-electron chi connectivity index (χ0n) is 8.75. The van der Waals surface area contributed by atoms with E-state index in [4.69, 9.17) is 5.11 Å². The average molecular weight is 272 g/mol. The second-order valence-corrected chi connectivity index (χ2v) is 4.43. The molecule has 0 unspecified atom stereocenters. The zero-order valence-corrected chi connectivity index (χ0v) is 10.3. The fraction of sp³-hybridized carbons (Fsp3) is 0.364. The molecule has 0 spiro atoms. The minimum absolute atomic E-state index is 0.158. The first-order chi connectivity index (χ1) is 7.00. The number of nitrogens with one attached hydrogen (secondary N) is 1. The minimum Gasteiger partial charge on any atom is -0.392 e. The molecule has 3 nitrogen and oxygen atoms in total. The predicted octanol–water partition coefficient (Wildman–Crippen LogP) is 1.87. The molecule has 0 aliphatic carbocycles. The monoisotopic (exact) mass is 271 g/mol. The van der Waals surface area contributed by atoms with Gasteiger partial charge in [0.15, 0.2) is 0 Å². The van der Waals surface area contributed by atoms with Crippen LogP contribution >= 0.6 is 15.9 Å².